The molecule has 0 spiro atoms. The van der Waals surface area contributed by atoms with E-state index in [9.17, 15) is 0 Å². The van der Waals surface area contributed by atoms with Crippen LogP contribution in [0.2, 0.25) is 0 Å². The van der Waals surface area contributed by atoms with Gasteiger partial charge in [0.25, 0.3) is 0 Å². The lowest BCUT2D eigenvalue weighted by Gasteiger charge is -2.46. The molecule has 1 aliphatic heterocycles. The molecule has 0 radical (unpaired) electrons. The first-order valence-corrected chi connectivity index (χ1v) is 8.36. The lowest BCUT2D eigenvalue weighted by Crippen LogP contribution is -2.47. The van der Waals surface area contributed by atoms with Crippen LogP contribution in [0.5, 0.6) is 0 Å². The van der Waals surface area contributed by atoms with E-state index in [0.717, 1.165) is 24.9 Å². The van der Waals surface area contributed by atoms with Crippen LogP contribution in [-0.4, -0.2) is 19.1 Å². The Balaban J connectivity index is 1.90. The average molecular weight is 272 g/mol. The van der Waals surface area contributed by atoms with E-state index in [2.05, 4.69) is 30.0 Å². The fourth-order valence-corrected chi connectivity index (χ4v) is 4.27. The van der Waals surface area contributed by atoms with Gasteiger partial charge >= 0.3 is 0 Å². The van der Waals surface area contributed by atoms with E-state index in [0.29, 0.717) is 0 Å². The predicted molar refractivity (Wildman–Crippen MR) is 86.3 cm³/mol. The summed E-state index contributed by atoms with van der Waals surface area (Å²) in [7, 11) is 0. The van der Waals surface area contributed by atoms with Gasteiger partial charge in [0.1, 0.15) is 0 Å². The maximum Gasteiger partial charge on any atom is 0.0402 e. The van der Waals surface area contributed by atoms with Crippen LogP contribution in [0.1, 0.15) is 49.7 Å². The van der Waals surface area contributed by atoms with Gasteiger partial charge in [-0.15, -0.1) is 0 Å². The molecule has 0 bridgehead atoms. The number of fused-ring (bicyclic) bond motifs is 1. The van der Waals surface area contributed by atoms with Gasteiger partial charge < -0.3 is 10.6 Å². The van der Waals surface area contributed by atoms with Crippen LogP contribution >= 0.6 is 0 Å². The number of rotatable bonds is 3. The molecule has 1 aliphatic carbocycles. The molecule has 1 saturated heterocycles. The molecule has 2 aliphatic rings. The van der Waals surface area contributed by atoms with E-state index in [1.165, 1.54) is 61.9 Å². The van der Waals surface area contributed by atoms with E-state index in [-0.39, 0.29) is 0 Å². The van der Waals surface area contributed by atoms with E-state index in [4.69, 9.17) is 5.73 Å². The Kier molecular flexibility index (Phi) is 4.30. The van der Waals surface area contributed by atoms with Crippen molar-refractivity contribution < 1.29 is 0 Å². The van der Waals surface area contributed by atoms with Crippen LogP contribution in [-0.2, 0) is 6.42 Å². The number of aryl methyl sites for hydroxylation is 1. The molecule has 1 saturated carbocycles. The highest BCUT2D eigenvalue weighted by atomic mass is 15.2. The molecule has 0 amide bonds. The second-order valence-electron chi connectivity index (χ2n) is 6.62. The fourth-order valence-electron chi connectivity index (χ4n) is 4.27. The second kappa shape index (κ2) is 6.17. The highest BCUT2D eigenvalue weighted by molar-refractivity contribution is 5.56. The molecule has 0 aromatic heterocycles. The summed E-state index contributed by atoms with van der Waals surface area (Å²) >= 11 is 0. The summed E-state index contributed by atoms with van der Waals surface area (Å²) < 4.78 is 0. The lowest BCUT2D eigenvalue weighted by molar-refractivity contribution is 0.243. The standard InChI is InChI=1S/C18H28N2/c1-14-8-9-18(16(13-14)10-11-19)20-12-4-6-15-5-2-3-7-17(15)20/h8-9,13,15,17H,2-7,10-12,19H2,1H3/t15-,17-/m1/s1. The Labute approximate surface area is 123 Å². The number of anilines is 1. The van der Waals surface area contributed by atoms with Crippen molar-refractivity contribution in [2.45, 2.75) is 57.9 Å². The van der Waals surface area contributed by atoms with Crippen LogP contribution in [0, 0.1) is 12.8 Å². The number of hydrogen-bond donors (Lipinski definition) is 1. The molecule has 1 heterocycles. The predicted octanol–water partition coefficient (Wildman–Crippen LogP) is 3.66. The number of piperidine rings is 1. The average Bonchev–Trinajstić information content (AvgIpc) is 2.47. The van der Waals surface area contributed by atoms with E-state index >= 15 is 0 Å². The topological polar surface area (TPSA) is 29.3 Å². The Morgan fingerprint density at radius 3 is 2.80 bits per heavy atom. The van der Waals surface area contributed by atoms with Gasteiger partial charge in [-0.1, -0.05) is 30.5 Å². The van der Waals surface area contributed by atoms with Gasteiger partial charge in [-0.25, -0.2) is 0 Å². The van der Waals surface area contributed by atoms with E-state index in [1.807, 2.05) is 0 Å². The highest BCUT2D eigenvalue weighted by Crippen LogP contribution is 2.39. The van der Waals surface area contributed by atoms with Gasteiger partial charge in [0.2, 0.25) is 0 Å². The van der Waals surface area contributed by atoms with Crippen LogP contribution in [0.3, 0.4) is 0 Å². The summed E-state index contributed by atoms with van der Waals surface area (Å²) in [6.45, 7) is 4.17. The van der Waals surface area contributed by atoms with E-state index < -0.39 is 0 Å². The Hall–Kier alpha value is -1.02. The first kappa shape index (κ1) is 13.9. The lowest BCUT2D eigenvalue weighted by atomic mass is 9.78. The molecule has 0 unspecified atom stereocenters. The molecule has 20 heavy (non-hydrogen) atoms. The first-order valence-electron chi connectivity index (χ1n) is 8.36. The first-order chi connectivity index (χ1) is 9.79. The minimum absolute atomic E-state index is 0.748. The summed E-state index contributed by atoms with van der Waals surface area (Å²) in [6, 6.07) is 7.74. The van der Waals surface area contributed by atoms with Crippen molar-refractivity contribution in [3.8, 4) is 0 Å². The minimum atomic E-state index is 0.748. The van der Waals surface area contributed by atoms with Gasteiger partial charge in [0.15, 0.2) is 0 Å². The molecule has 2 N–H and O–H groups in total. The van der Waals surface area contributed by atoms with Crippen molar-refractivity contribution in [3.05, 3.63) is 29.3 Å². The van der Waals surface area contributed by atoms with Crippen molar-refractivity contribution >= 4 is 5.69 Å². The summed E-state index contributed by atoms with van der Waals surface area (Å²) in [4.78, 5) is 2.72. The molecule has 2 fully saturated rings. The van der Waals surface area contributed by atoms with Crippen molar-refractivity contribution in [2.75, 3.05) is 18.0 Å². The maximum absolute atomic E-state index is 5.82. The zero-order valence-electron chi connectivity index (χ0n) is 12.8. The Morgan fingerprint density at radius 1 is 1.15 bits per heavy atom. The summed E-state index contributed by atoms with van der Waals surface area (Å²) in [5, 5.41) is 0. The molecule has 110 valence electrons. The number of nitrogens with two attached hydrogens (primary N) is 1. The molecule has 1 aromatic carbocycles. The SMILES string of the molecule is Cc1ccc(N2CCC[C@H]3CCCC[C@H]32)c(CCN)c1. The monoisotopic (exact) mass is 272 g/mol. The molecule has 2 nitrogen and oxygen atoms in total. The molecular weight excluding hydrogens is 244 g/mol. The number of hydrogen-bond acceptors (Lipinski definition) is 2. The molecule has 3 rings (SSSR count). The fraction of sp³-hybridized carbons (Fsp3) is 0.667. The summed E-state index contributed by atoms with van der Waals surface area (Å²) in [5.41, 5.74) is 10.1. The van der Waals surface area contributed by atoms with Gasteiger partial charge in [-0.2, -0.15) is 0 Å². The molecule has 1 aromatic rings. The Bertz CT molecular complexity index is 453. The van der Waals surface area contributed by atoms with Gasteiger partial charge in [0.05, 0.1) is 0 Å². The highest BCUT2D eigenvalue weighted by Gasteiger charge is 2.33. The van der Waals surface area contributed by atoms with Crippen molar-refractivity contribution in [1.82, 2.24) is 0 Å². The maximum atomic E-state index is 5.82. The molecule has 2 atom stereocenters. The zero-order valence-corrected chi connectivity index (χ0v) is 12.8. The second-order valence-corrected chi connectivity index (χ2v) is 6.62. The van der Waals surface area contributed by atoms with Gasteiger partial charge in [-0.05, 0) is 63.1 Å². The Morgan fingerprint density at radius 2 is 1.95 bits per heavy atom. The molecular formula is C18H28N2. The third-order valence-corrected chi connectivity index (χ3v) is 5.20. The van der Waals surface area contributed by atoms with Crippen molar-refractivity contribution in [2.24, 2.45) is 11.7 Å². The van der Waals surface area contributed by atoms with Crippen LogP contribution in [0.15, 0.2) is 18.2 Å². The number of benzene rings is 1. The molecule has 2 heteroatoms. The van der Waals surface area contributed by atoms with E-state index in [1.54, 1.807) is 0 Å². The van der Waals surface area contributed by atoms with Crippen LogP contribution < -0.4 is 10.6 Å². The number of nitrogens with zero attached hydrogens (tertiary/aromatic N) is 1. The quantitative estimate of drug-likeness (QED) is 0.910. The zero-order chi connectivity index (χ0) is 13.9. The minimum Gasteiger partial charge on any atom is -0.368 e. The third kappa shape index (κ3) is 2.71. The van der Waals surface area contributed by atoms with Crippen LogP contribution in [0.4, 0.5) is 5.69 Å². The summed E-state index contributed by atoms with van der Waals surface area (Å²) in [5.74, 6) is 0.935. The largest absolute Gasteiger partial charge is 0.368 e. The van der Waals surface area contributed by atoms with Gasteiger partial charge in [-0.3, -0.25) is 0 Å². The van der Waals surface area contributed by atoms with Crippen molar-refractivity contribution in [1.29, 1.82) is 0 Å². The van der Waals surface area contributed by atoms with Crippen molar-refractivity contribution in [3.63, 3.8) is 0 Å². The summed E-state index contributed by atoms with van der Waals surface area (Å²) in [6.07, 6.45) is 9.50. The van der Waals surface area contributed by atoms with Gasteiger partial charge in [0, 0.05) is 18.3 Å². The third-order valence-electron chi connectivity index (χ3n) is 5.20. The normalized spacial score (nSPS) is 26.4. The van der Waals surface area contributed by atoms with Crippen LogP contribution in [0.25, 0.3) is 0 Å². The smallest absolute Gasteiger partial charge is 0.0402 e.